The normalized spacial score (nSPS) is 41.2. The van der Waals surface area contributed by atoms with Crippen LogP contribution >= 0.6 is 0 Å². The average Bonchev–Trinajstić information content (AvgIpc) is 3.31. The summed E-state index contributed by atoms with van der Waals surface area (Å²) in [6.45, 7) is -1.59. The number of carbonyl (C=O) groups is 2. The summed E-state index contributed by atoms with van der Waals surface area (Å²) in [7, 11) is 0. The van der Waals surface area contributed by atoms with E-state index in [2.05, 4.69) is 10.6 Å². The minimum absolute atomic E-state index is 0.662. The summed E-state index contributed by atoms with van der Waals surface area (Å²) in [5.74, 6) is -1.33. The zero-order valence-corrected chi connectivity index (χ0v) is 24.5. The van der Waals surface area contributed by atoms with E-state index in [1.165, 1.54) is 0 Å². The molecule has 3 aliphatic rings. The molecule has 45 heavy (non-hydrogen) atoms. The van der Waals surface area contributed by atoms with Crippen LogP contribution in [-0.2, 0) is 38.0 Å². The first-order valence-corrected chi connectivity index (χ1v) is 14.2. The minimum atomic E-state index is -1.88. The Kier molecular flexibility index (Phi) is 14.2. The van der Waals surface area contributed by atoms with Crippen molar-refractivity contribution in [2.45, 2.75) is 112 Å². The molecule has 0 bridgehead atoms. The third kappa shape index (κ3) is 8.81. The van der Waals surface area contributed by atoms with E-state index in [9.17, 15) is 60.7 Å². The first-order valence-electron chi connectivity index (χ1n) is 14.2. The highest BCUT2D eigenvalue weighted by molar-refractivity contribution is 5.73. The maximum Gasteiger partial charge on any atom is 0.217 e. The SMILES string of the molecule is CC(=O)N[C@H]1[C@H](O[C@@H]2[C@@H](O)[C@H](O[C@H]3[C@H](O)[C@@H](CO)O[C@H](OC(CO)CO)[C@@H]3NC(C)=O)O[C@H]2[C@H](O)CO)O[C@H](CO)[C@@H](O)[C@@H]1O. The van der Waals surface area contributed by atoms with Gasteiger partial charge in [0.05, 0.1) is 33.0 Å². The van der Waals surface area contributed by atoms with Gasteiger partial charge in [-0.05, 0) is 0 Å². The van der Waals surface area contributed by atoms with Crippen LogP contribution in [0.4, 0.5) is 0 Å². The van der Waals surface area contributed by atoms with Crippen molar-refractivity contribution in [1.29, 1.82) is 0 Å². The molecule has 15 atom stereocenters. The summed E-state index contributed by atoms with van der Waals surface area (Å²) >= 11 is 0. The van der Waals surface area contributed by atoms with E-state index in [0.29, 0.717) is 0 Å². The highest BCUT2D eigenvalue weighted by Crippen LogP contribution is 2.34. The van der Waals surface area contributed by atoms with Crippen LogP contribution in [0.1, 0.15) is 13.8 Å². The van der Waals surface area contributed by atoms with Crippen LogP contribution in [0.5, 0.6) is 0 Å². The fraction of sp³-hybridized carbons (Fsp3) is 0.920. The molecule has 20 nitrogen and oxygen atoms in total. The number of aliphatic hydroxyl groups excluding tert-OH is 10. The van der Waals surface area contributed by atoms with Crippen LogP contribution in [0.15, 0.2) is 0 Å². The summed E-state index contributed by atoms with van der Waals surface area (Å²) in [5.41, 5.74) is 0. The molecule has 3 aliphatic heterocycles. The van der Waals surface area contributed by atoms with Gasteiger partial charge in [0.25, 0.3) is 0 Å². The van der Waals surface area contributed by atoms with Crippen molar-refractivity contribution in [3.8, 4) is 0 Å². The monoisotopic (exact) mass is 660 g/mol. The Labute approximate surface area is 257 Å². The Bertz CT molecular complexity index is 944. The Morgan fingerprint density at radius 1 is 0.667 bits per heavy atom. The molecule has 262 valence electrons. The molecule has 3 fully saturated rings. The average molecular weight is 661 g/mol. The van der Waals surface area contributed by atoms with E-state index in [1.807, 2.05) is 0 Å². The number of rotatable bonds is 14. The number of carbonyl (C=O) groups excluding carboxylic acids is 2. The van der Waals surface area contributed by atoms with Gasteiger partial charge in [-0.2, -0.15) is 0 Å². The smallest absolute Gasteiger partial charge is 0.217 e. The van der Waals surface area contributed by atoms with Gasteiger partial charge in [-0.3, -0.25) is 9.59 Å². The molecule has 3 saturated heterocycles. The number of ether oxygens (including phenoxy) is 6. The molecule has 0 aromatic rings. The third-order valence-corrected chi connectivity index (χ3v) is 7.59. The van der Waals surface area contributed by atoms with E-state index in [-0.39, 0.29) is 0 Å². The lowest BCUT2D eigenvalue weighted by Crippen LogP contribution is -2.67. The van der Waals surface area contributed by atoms with Gasteiger partial charge >= 0.3 is 0 Å². The first-order chi connectivity index (χ1) is 21.3. The Balaban J connectivity index is 1.92. The van der Waals surface area contributed by atoms with E-state index >= 15 is 0 Å². The summed E-state index contributed by atoms with van der Waals surface area (Å²) < 4.78 is 34.0. The zero-order chi connectivity index (χ0) is 33.6. The molecule has 20 heteroatoms. The number of nitrogens with one attached hydrogen (secondary N) is 2. The largest absolute Gasteiger partial charge is 0.394 e. The van der Waals surface area contributed by atoms with Crippen molar-refractivity contribution in [2.24, 2.45) is 0 Å². The van der Waals surface area contributed by atoms with Gasteiger partial charge in [-0.25, -0.2) is 0 Å². The molecule has 0 aromatic heterocycles. The second kappa shape index (κ2) is 16.9. The van der Waals surface area contributed by atoms with E-state index < -0.39 is 143 Å². The minimum Gasteiger partial charge on any atom is -0.394 e. The molecule has 0 aliphatic carbocycles. The fourth-order valence-corrected chi connectivity index (χ4v) is 5.31. The maximum absolute atomic E-state index is 12.1. The number of amides is 2. The van der Waals surface area contributed by atoms with E-state index in [0.717, 1.165) is 13.8 Å². The van der Waals surface area contributed by atoms with Gasteiger partial charge in [-0.1, -0.05) is 0 Å². The molecular formula is C25H44N2O18. The molecule has 3 rings (SSSR count). The topological polar surface area (TPSA) is 316 Å². The summed E-state index contributed by atoms with van der Waals surface area (Å²) in [6, 6.07) is -2.85. The van der Waals surface area contributed by atoms with Crippen molar-refractivity contribution < 1.29 is 89.1 Å². The maximum atomic E-state index is 12.1. The molecule has 2 amide bonds. The zero-order valence-electron chi connectivity index (χ0n) is 24.5. The third-order valence-electron chi connectivity index (χ3n) is 7.59. The van der Waals surface area contributed by atoms with Crippen molar-refractivity contribution in [2.75, 3.05) is 33.0 Å². The molecule has 3 heterocycles. The van der Waals surface area contributed by atoms with Gasteiger partial charge in [0.2, 0.25) is 11.8 Å². The van der Waals surface area contributed by atoms with Gasteiger partial charge in [0.15, 0.2) is 18.9 Å². The molecule has 12 N–H and O–H groups in total. The molecule has 0 spiro atoms. The Morgan fingerprint density at radius 2 is 1.20 bits per heavy atom. The summed E-state index contributed by atoms with van der Waals surface area (Å²) in [5, 5.41) is 107. The van der Waals surface area contributed by atoms with Gasteiger partial charge < -0.3 is 90.1 Å². The highest BCUT2D eigenvalue weighted by atomic mass is 16.8. The van der Waals surface area contributed by atoms with Crippen molar-refractivity contribution in [3.63, 3.8) is 0 Å². The quantitative estimate of drug-likeness (QED) is 0.0823. The molecule has 0 saturated carbocycles. The van der Waals surface area contributed by atoms with Crippen molar-refractivity contribution in [3.05, 3.63) is 0 Å². The van der Waals surface area contributed by atoms with Crippen LogP contribution in [-0.4, -0.2) is 194 Å². The Morgan fingerprint density at radius 3 is 1.73 bits per heavy atom. The van der Waals surface area contributed by atoms with Gasteiger partial charge in [0, 0.05) is 13.8 Å². The van der Waals surface area contributed by atoms with Crippen LogP contribution in [0.3, 0.4) is 0 Å². The van der Waals surface area contributed by atoms with Crippen molar-refractivity contribution in [1.82, 2.24) is 10.6 Å². The fourth-order valence-electron chi connectivity index (χ4n) is 5.31. The number of aliphatic hydroxyl groups is 10. The Hall–Kier alpha value is -1.70. The van der Waals surface area contributed by atoms with Gasteiger partial charge in [-0.15, -0.1) is 0 Å². The predicted octanol–water partition coefficient (Wildman–Crippen LogP) is -7.91. The van der Waals surface area contributed by atoms with E-state index in [4.69, 9.17) is 28.4 Å². The molecule has 0 radical (unpaired) electrons. The second-order valence-electron chi connectivity index (χ2n) is 10.9. The van der Waals surface area contributed by atoms with Crippen LogP contribution < -0.4 is 10.6 Å². The first kappa shape index (κ1) is 37.8. The molecule has 0 aromatic carbocycles. The van der Waals surface area contributed by atoms with Crippen molar-refractivity contribution >= 4 is 11.8 Å². The lowest BCUT2D eigenvalue weighted by molar-refractivity contribution is -0.315. The van der Waals surface area contributed by atoms with Gasteiger partial charge in [0.1, 0.15) is 79.2 Å². The lowest BCUT2D eigenvalue weighted by atomic mass is 9.96. The van der Waals surface area contributed by atoms with Crippen LogP contribution in [0.25, 0.3) is 0 Å². The summed E-state index contributed by atoms with van der Waals surface area (Å²) in [6.07, 6.45) is -22.5. The second-order valence-corrected chi connectivity index (χ2v) is 10.9. The molecule has 0 unspecified atom stereocenters. The standard InChI is InChI=1S/C25H44N2O18/c1-8(33)26-14-18(38)16(36)12(6-31)41-23(14)45-22-19(39)25(43-20(22)11(35)5-30)44-21-15(27-9(2)34)24(40-10(3-28)4-29)42-13(7-32)17(21)37/h10-25,28-32,35-39H,3-7H2,1-2H3,(H,26,33)(H,27,34)/t11-,12-,13-,14-,15-,16-,17-,18-,19-,20+,21-,22-,23+,24+,25+/m1/s1. The van der Waals surface area contributed by atoms with E-state index in [1.54, 1.807) is 0 Å². The molecular weight excluding hydrogens is 616 g/mol. The lowest BCUT2D eigenvalue weighted by Gasteiger charge is -2.45. The predicted molar refractivity (Wildman–Crippen MR) is 141 cm³/mol. The van der Waals surface area contributed by atoms with Crippen LogP contribution in [0.2, 0.25) is 0 Å². The van der Waals surface area contributed by atoms with Crippen LogP contribution in [0, 0.1) is 0 Å². The summed E-state index contributed by atoms with van der Waals surface area (Å²) in [4.78, 5) is 23.9. The number of hydrogen-bond acceptors (Lipinski definition) is 18. The number of hydrogen-bond donors (Lipinski definition) is 12. The highest BCUT2D eigenvalue weighted by Gasteiger charge is 2.56.